The fourth-order valence-corrected chi connectivity index (χ4v) is 13.9. The van der Waals surface area contributed by atoms with Crippen LogP contribution in [0, 0.1) is 46.3 Å². The molecule has 4 heteroatoms. The van der Waals surface area contributed by atoms with E-state index in [-0.39, 0.29) is 6.29 Å². The third-order valence-corrected chi connectivity index (χ3v) is 16.0. The van der Waals surface area contributed by atoms with E-state index in [9.17, 15) is 0 Å². The maximum Gasteiger partial charge on any atom is 0.157 e. The summed E-state index contributed by atoms with van der Waals surface area (Å²) in [4.78, 5) is 0. The van der Waals surface area contributed by atoms with Crippen molar-refractivity contribution in [1.29, 1.82) is 0 Å². The lowest BCUT2D eigenvalue weighted by molar-refractivity contribution is -0.212. The second-order valence-electron chi connectivity index (χ2n) is 14.5. The molecule has 0 bridgehead atoms. The summed E-state index contributed by atoms with van der Waals surface area (Å²) in [6.07, 6.45) is 20.1. The molecular formula is C32H54O2S2. The predicted octanol–water partition coefficient (Wildman–Crippen LogP) is 9.17. The SMILES string of the molecule is CC1CSC(CC[C@@H](C)[C@H]2CC[C@H]3[C@@H]4CC[C@@H]5C[C@H](OC6CCCCO6)CC[C@]5(C)[C@H]4CC[C@]23C)S1. The van der Waals surface area contributed by atoms with E-state index < -0.39 is 0 Å². The van der Waals surface area contributed by atoms with Gasteiger partial charge >= 0.3 is 0 Å². The second kappa shape index (κ2) is 10.9. The molecule has 0 amide bonds. The summed E-state index contributed by atoms with van der Waals surface area (Å²) in [6, 6.07) is 0. The van der Waals surface area contributed by atoms with Crippen LogP contribution in [0.1, 0.15) is 118 Å². The zero-order valence-electron chi connectivity index (χ0n) is 23.7. The molecule has 0 aromatic heterocycles. The van der Waals surface area contributed by atoms with Gasteiger partial charge in [0.05, 0.1) is 10.7 Å². The third kappa shape index (κ3) is 4.98. The highest BCUT2D eigenvalue weighted by atomic mass is 32.2. The number of fused-ring (bicyclic) bond motifs is 5. The molecule has 0 aromatic carbocycles. The van der Waals surface area contributed by atoms with E-state index >= 15 is 0 Å². The molecule has 0 radical (unpaired) electrons. The monoisotopic (exact) mass is 534 g/mol. The first-order valence-electron chi connectivity index (χ1n) is 15.9. The molecule has 2 saturated heterocycles. The van der Waals surface area contributed by atoms with Crippen molar-refractivity contribution >= 4 is 23.5 Å². The largest absolute Gasteiger partial charge is 0.353 e. The molecule has 4 saturated carbocycles. The number of hydrogen-bond acceptors (Lipinski definition) is 4. The lowest BCUT2D eigenvalue weighted by Crippen LogP contribution is -2.54. The summed E-state index contributed by atoms with van der Waals surface area (Å²) in [7, 11) is 0. The Bertz CT molecular complexity index is 754. The summed E-state index contributed by atoms with van der Waals surface area (Å²) in [5.74, 6) is 7.12. The second-order valence-corrected chi connectivity index (χ2v) is 17.7. The molecule has 0 N–H and O–H groups in total. The van der Waals surface area contributed by atoms with Gasteiger partial charge in [-0.05, 0) is 136 Å². The number of ether oxygens (including phenoxy) is 2. The van der Waals surface area contributed by atoms with E-state index in [0.717, 1.165) is 58.4 Å². The quantitative estimate of drug-likeness (QED) is 0.316. The van der Waals surface area contributed by atoms with Gasteiger partial charge in [-0.25, -0.2) is 0 Å². The fraction of sp³-hybridized carbons (Fsp3) is 1.00. The van der Waals surface area contributed by atoms with Crippen LogP contribution in [-0.4, -0.2) is 34.6 Å². The smallest absolute Gasteiger partial charge is 0.157 e. The molecule has 6 aliphatic rings. The van der Waals surface area contributed by atoms with Crippen LogP contribution in [0.25, 0.3) is 0 Å². The Kier molecular flexibility index (Phi) is 8.11. The Hall–Kier alpha value is 0.620. The van der Waals surface area contributed by atoms with Gasteiger partial charge in [-0.2, -0.15) is 0 Å². The third-order valence-electron chi connectivity index (χ3n) is 12.6. The molecule has 6 rings (SSSR count). The normalized spacial score (nSPS) is 51.8. The van der Waals surface area contributed by atoms with Gasteiger partial charge in [0.15, 0.2) is 6.29 Å². The maximum atomic E-state index is 6.53. The molecule has 0 spiro atoms. The van der Waals surface area contributed by atoms with Gasteiger partial charge in [-0.1, -0.05) is 27.7 Å². The van der Waals surface area contributed by atoms with Crippen LogP contribution in [0.3, 0.4) is 0 Å². The van der Waals surface area contributed by atoms with Crippen molar-refractivity contribution < 1.29 is 9.47 Å². The first-order chi connectivity index (χ1) is 17.4. The van der Waals surface area contributed by atoms with Crippen molar-refractivity contribution in [1.82, 2.24) is 0 Å². The minimum Gasteiger partial charge on any atom is -0.353 e. The van der Waals surface area contributed by atoms with Crippen molar-refractivity contribution in [2.75, 3.05) is 12.4 Å². The molecule has 2 nitrogen and oxygen atoms in total. The van der Waals surface area contributed by atoms with Crippen LogP contribution in [0.5, 0.6) is 0 Å². The standard InChI is InChI=1S/C32H54O2S2/c1-21(8-13-30-35-20-22(2)36-30)26-11-12-27-25-10-9-23-19-24(34-29-7-5-6-18-33-29)14-16-31(23,3)28(25)15-17-32(26,27)4/h21-30H,5-20H2,1-4H3/t21-,22?,23-,24-,25+,26-,27+,28+,29?,30?,31+,32-/m1/s1. The first kappa shape index (κ1) is 26.8. The molecule has 0 aromatic rings. The molecule has 4 aliphatic carbocycles. The summed E-state index contributed by atoms with van der Waals surface area (Å²) in [6.45, 7) is 11.4. The van der Waals surface area contributed by atoms with Crippen LogP contribution in [0.15, 0.2) is 0 Å². The summed E-state index contributed by atoms with van der Waals surface area (Å²) in [5.41, 5.74) is 1.18. The Labute approximate surface area is 230 Å². The van der Waals surface area contributed by atoms with Crippen molar-refractivity contribution in [2.24, 2.45) is 46.3 Å². The number of rotatable bonds is 6. The Morgan fingerprint density at radius 2 is 1.78 bits per heavy atom. The predicted molar refractivity (Wildman–Crippen MR) is 155 cm³/mol. The molecule has 206 valence electrons. The lowest BCUT2D eigenvalue weighted by atomic mass is 9.44. The minimum absolute atomic E-state index is 0.0894. The topological polar surface area (TPSA) is 18.5 Å². The van der Waals surface area contributed by atoms with Crippen LogP contribution in [-0.2, 0) is 9.47 Å². The average molecular weight is 535 g/mol. The molecule has 2 aliphatic heterocycles. The van der Waals surface area contributed by atoms with E-state index in [0.29, 0.717) is 16.9 Å². The van der Waals surface area contributed by atoms with Gasteiger partial charge in [0, 0.05) is 17.6 Å². The Morgan fingerprint density at radius 3 is 2.56 bits per heavy atom. The zero-order valence-corrected chi connectivity index (χ0v) is 25.4. The summed E-state index contributed by atoms with van der Waals surface area (Å²) < 4.78 is 13.3. The fourth-order valence-electron chi connectivity index (χ4n) is 10.7. The van der Waals surface area contributed by atoms with Gasteiger partial charge in [-0.15, -0.1) is 23.5 Å². The average Bonchev–Trinajstić information content (AvgIpc) is 3.46. The van der Waals surface area contributed by atoms with Crippen LogP contribution in [0.4, 0.5) is 0 Å². The van der Waals surface area contributed by atoms with E-state index in [1.807, 2.05) is 0 Å². The minimum atomic E-state index is 0.0894. The van der Waals surface area contributed by atoms with Gasteiger partial charge in [-0.3, -0.25) is 0 Å². The van der Waals surface area contributed by atoms with E-state index in [2.05, 4.69) is 51.2 Å². The molecule has 36 heavy (non-hydrogen) atoms. The van der Waals surface area contributed by atoms with Crippen LogP contribution in [0.2, 0.25) is 0 Å². The van der Waals surface area contributed by atoms with E-state index in [1.165, 1.54) is 89.2 Å². The Morgan fingerprint density at radius 1 is 0.944 bits per heavy atom. The van der Waals surface area contributed by atoms with Crippen LogP contribution < -0.4 is 0 Å². The highest BCUT2D eigenvalue weighted by Gasteiger charge is 2.60. The molecule has 12 atom stereocenters. The van der Waals surface area contributed by atoms with Crippen molar-refractivity contribution in [3.63, 3.8) is 0 Å². The van der Waals surface area contributed by atoms with Crippen molar-refractivity contribution in [3.8, 4) is 0 Å². The summed E-state index contributed by atoms with van der Waals surface area (Å²) >= 11 is 4.49. The Balaban J connectivity index is 1.07. The van der Waals surface area contributed by atoms with Crippen LogP contribution >= 0.6 is 23.5 Å². The maximum absolute atomic E-state index is 6.53. The molecule has 2 heterocycles. The van der Waals surface area contributed by atoms with Gasteiger partial charge in [0.25, 0.3) is 0 Å². The van der Waals surface area contributed by atoms with Crippen molar-refractivity contribution in [3.05, 3.63) is 0 Å². The van der Waals surface area contributed by atoms with Gasteiger partial charge < -0.3 is 9.47 Å². The molecular weight excluding hydrogens is 480 g/mol. The van der Waals surface area contributed by atoms with Gasteiger partial charge in [0.1, 0.15) is 0 Å². The number of hydrogen-bond donors (Lipinski definition) is 0. The highest BCUT2D eigenvalue weighted by Crippen LogP contribution is 2.68. The van der Waals surface area contributed by atoms with E-state index in [4.69, 9.17) is 9.47 Å². The first-order valence-corrected chi connectivity index (χ1v) is 17.9. The zero-order chi connectivity index (χ0) is 24.9. The summed E-state index contributed by atoms with van der Waals surface area (Å²) in [5, 5.41) is 0.873. The van der Waals surface area contributed by atoms with E-state index in [1.54, 1.807) is 0 Å². The van der Waals surface area contributed by atoms with Crippen molar-refractivity contribution in [2.45, 2.75) is 140 Å². The number of thioether (sulfide) groups is 2. The van der Waals surface area contributed by atoms with Gasteiger partial charge in [0.2, 0.25) is 0 Å². The highest BCUT2D eigenvalue weighted by molar-refractivity contribution is 8.20. The molecule has 3 unspecified atom stereocenters. The molecule has 6 fully saturated rings. The lowest BCUT2D eigenvalue weighted by Gasteiger charge is -2.61.